The third-order valence-electron chi connectivity index (χ3n) is 2.64. The van der Waals surface area contributed by atoms with Crippen molar-refractivity contribution in [3.63, 3.8) is 0 Å². The summed E-state index contributed by atoms with van der Waals surface area (Å²) in [4.78, 5) is 2.32. The van der Waals surface area contributed by atoms with E-state index < -0.39 is 0 Å². The number of nitrogens with zero attached hydrogens (tertiary/aromatic N) is 3. The fourth-order valence-electron chi connectivity index (χ4n) is 1.71. The lowest BCUT2D eigenvalue weighted by molar-refractivity contribution is -0.0327. The van der Waals surface area contributed by atoms with E-state index in [0.29, 0.717) is 6.10 Å². The molecule has 1 aliphatic rings. The Morgan fingerprint density at radius 3 is 3.20 bits per heavy atom. The summed E-state index contributed by atoms with van der Waals surface area (Å²) in [5, 5.41) is 4.75. The highest BCUT2D eigenvalue weighted by Crippen LogP contribution is 2.17. The van der Waals surface area contributed by atoms with Crippen LogP contribution in [-0.4, -0.2) is 40.3 Å². The molecule has 1 atom stereocenters. The number of hydrogen-bond donors (Lipinski definition) is 1. The van der Waals surface area contributed by atoms with Gasteiger partial charge >= 0.3 is 0 Å². The zero-order valence-electron chi connectivity index (χ0n) is 8.85. The number of rotatable bonds is 3. The van der Waals surface area contributed by atoms with Crippen LogP contribution in [0.5, 0.6) is 0 Å². The molecule has 6 heteroatoms. The van der Waals surface area contributed by atoms with E-state index in [1.165, 1.54) is 11.5 Å². The lowest BCUT2D eigenvalue weighted by Gasteiger charge is -2.31. The van der Waals surface area contributed by atoms with Crippen molar-refractivity contribution in [2.24, 2.45) is 0 Å². The van der Waals surface area contributed by atoms with E-state index in [-0.39, 0.29) is 0 Å². The van der Waals surface area contributed by atoms with Crippen LogP contribution in [0.4, 0.5) is 5.00 Å². The monoisotopic (exact) mass is 228 g/mol. The first kappa shape index (κ1) is 10.8. The van der Waals surface area contributed by atoms with Crippen LogP contribution in [0, 0.1) is 0 Å². The SMILES string of the molecule is CCC1CN(Cc2nnsc2N)CCO1. The van der Waals surface area contributed by atoms with Crippen molar-refractivity contribution in [3.8, 4) is 0 Å². The van der Waals surface area contributed by atoms with Crippen molar-refractivity contribution in [2.45, 2.75) is 26.0 Å². The summed E-state index contributed by atoms with van der Waals surface area (Å²) in [5.74, 6) is 0. The first-order valence-electron chi connectivity index (χ1n) is 5.20. The fourth-order valence-corrected chi connectivity index (χ4v) is 2.15. The van der Waals surface area contributed by atoms with Crippen molar-refractivity contribution in [1.29, 1.82) is 0 Å². The Labute approximate surface area is 93.4 Å². The van der Waals surface area contributed by atoms with Crippen molar-refractivity contribution in [1.82, 2.24) is 14.5 Å². The van der Waals surface area contributed by atoms with E-state index >= 15 is 0 Å². The summed E-state index contributed by atoms with van der Waals surface area (Å²) in [6.45, 7) is 5.66. The average Bonchev–Trinajstić information content (AvgIpc) is 2.65. The summed E-state index contributed by atoms with van der Waals surface area (Å²) < 4.78 is 9.44. The number of ether oxygens (including phenoxy) is 1. The van der Waals surface area contributed by atoms with Gasteiger partial charge in [0.15, 0.2) is 0 Å². The molecule has 0 aliphatic carbocycles. The predicted molar refractivity (Wildman–Crippen MR) is 59.6 cm³/mol. The van der Waals surface area contributed by atoms with Gasteiger partial charge < -0.3 is 10.5 Å². The molecule has 0 amide bonds. The Balaban J connectivity index is 1.92. The van der Waals surface area contributed by atoms with Gasteiger partial charge in [0.05, 0.1) is 12.7 Å². The highest BCUT2D eigenvalue weighted by atomic mass is 32.1. The van der Waals surface area contributed by atoms with E-state index in [1.54, 1.807) is 0 Å². The Morgan fingerprint density at radius 2 is 2.53 bits per heavy atom. The minimum absolute atomic E-state index is 0.353. The summed E-state index contributed by atoms with van der Waals surface area (Å²) in [6.07, 6.45) is 1.41. The average molecular weight is 228 g/mol. The minimum atomic E-state index is 0.353. The van der Waals surface area contributed by atoms with Crippen molar-refractivity contribution in [3.05, 3.63) is 5.69 Å². The molecule has 0 saturated carbocycles. The van der Waals surface area contributed by atoms with Crippen LogP contribution in [0.2, 0.25) is 0 Å². The maximum Gasteiger partial charge on any atom is 0.132 e. The molecule has 1 aliphatic heterocycles. The van der Waals surface area contributed by atoms with Gasteiger partial charge in [-0.1, -0.05) is 11.4 Å². The number of nitrogens with two attached hydrogens (primary N) is 1. The molecular formula is C9H16N4OS. The predicted octanol–water partition coefficient (Wildman–Crippen LogP) is 0.731. The van der Waals surface area contributed by atoms with Crippen LogP contribution < -0.4 is 5.73 Å². The maximum absolute atomic E-state index is 5.76. The van der Waals surface area contributed by atoms with Gasteiger partial charge in [-0.15, -0.1) is 5.10 Å². The molecule has 1 unspecified atom stereocenters. The van der Waals surface area contributed by atoms with Crippen molar-refractivity contribution < 1.29 is 4.74 Å². The molecule has 2 N–H and O–H groups in total. The first-order valence-corrected chi connectivity index (χ1v) is 5.97. The molecule has 2 rings (SSSR count). The van der Waals surface area contributed by atoms with E-state index in [4.69, 9.17) is 10.5 Å². The van der Waals surface area contributed by atoms with Crippen LogP contribution in [0.1, 0.15) is 19.0 Å². The van der Waals surface area contributed by atoms with Gasteiger partial charge in [0.25, 0.3) is 0 Å². The zero-order chi connectivity index (χ0) is 10.7. The van der Waals surface area contributed by atoms with Crippen LogP contribution >= 0.6 is 11.5 Å². The Hall–Kier alpha value is -0.720. The highest BCUT2D eigenvalue weighted by Gasteiger charge is 2.20. The van der Waals surface area contributed by atoms with Crippen LogP contribution in [0.3, 0.4) is 0 Å². The molecule has 0 aromatic carbocycles. The molecule has 0 bridgehead atoms. The summed E-state index contributed by atoms with van der Waals surface area (Å²) in [6, 6.07) is 0. The number of morpholine rings is 1. The molecule has 15 heavy (non-hydrogen) atoms. The lowest BCUT2D eigenvalue weighted by Crippen LogP contribution is -2.41. The second-order valence-electron chi connectivity index (χ2n) is 3.72. The van der Waals surface area contributed by atoms with Gasteiger partial charge in [-0.3, -0.25) is 4.90 Å². The van der Waals surface area contributed by atoms with Gasteiger partial charge in [0.2, 0.25) is 0 Å². The molecule has 5 nitrogen and oxygen atoms in total. The molecule has 1 aromatic rings. The van der Waals surface area contributed by atoms with E-state index in [1.807, 2.05) is 0 Å². The Kier molecular flexibility index (Phi) is 3.50. The fraction of sp³-hybridized carbons (Fsp3) is 0.778. The summed E-state index contributed by atoms with van der Waals surface area (Å²) in [7, 11) is 0. The molecule has 1 saturated heterocycles. The quantitative estimate of drug-likeness (QED) is 0.826. The van der Waals surface area contributed by atoms with E-state index in [2.05, 4.69) is 21.4 Å². The van der Waals surface area contributed by atoms with Crippen LogP contribution in [-0.2, 0) is 11.3 Å². The summed E-state index contributed by atoms with van der Waals surface area (Å²) in [5.41, 5.74) is 6.66. The van der Waals surface area contributed by atoms with E-state index in [0.717, 1.165) is 43.4 Å². The second kappa shape index (κ2) is 4.87. The van der Waals surface area contributed by atoms with Gasteiger partial charge in [-0.05, 0) is 6.42 Å². The molecular weight excluding hydrogens is 212 g/mol. The largest absolute Gasteiger partial charge is 0.388 e. The van der Waals surface area contributed by atoms with Crippen molar-refractivity contribution >= 4 is 16.5 Å². The smallest absolute Gasteiger partial charge is 0.132 e. The first-order chi connectivity index (χ1) is 7.29. The normalized spacial score (nSPS) is 23.1. The number of hydrogen-bond acceptors (Lipinski definition) is 6. The number of anilines is 1. The topological polar surface area (TPSA) is 64.3 Å². The van der Waals surface area contributed by atoms with Gasteiger partial charge in [0.1, 0.15) is 10.7 Å². The maximum atomic E-state index is 5.76. The minimum Gasteiger partial charge on any atom is -0.388 e. The number of nitrogen functional groups attached to an aromatic ring is 1. The molecule has 1 fully saturated rings. The van der Waals surface area contributed by atoms with Crippen LogP contribution in [0.25, 0.3) is 0 Å². The molecule has 0 spiro atoms. The van der Waals surface area contributed by atoms with Crippen molar-refractivity contribution in [2.75, 3.05) is 25.4 Å². The lowest BCUT2D eigenvalue weighted by atomic mass is 10.2. The third kappa shape index (κ3) is 2.64. The second-order valence-corrected chi connectivity index (χ2v) is 4.51. The third-order valence-corrected chi connectivity index (χ3v) is 3.23. The molecule has 2 heterocycles. The standard InChI is InChI=1S/C9H16N4OS/c1-2-7-5-13(3-4-14-7)6-8-9(10)15-12-11-8/h7H,2-6,10H2,1H3. The number of aromatic nitrogens is 2. The highest BCUT2D eigenvalue weighted by molar-refractivity contribution is 7.09. The van der Waals surface area contributed by atoms with Gasteiger partial charge in [0, 0.05) is 31.2 Å². The molecule has 84 valence electrons. The Bertz CT molecular complexity index is 317. The Morgan fingerprint density at radius 1 is 1.67 bits per heavy atom. The zero-order valence-corrected chi connectivity index (χ0v) is 9.66. The van der Waals surface area contributed by atoms with Crippen LogP contribution in [0.15, 0.2) is 0 Å². The van der Waals surface area contributed by atoms with E-state index in [9.17, 15) is 0 Å². The molecule has 0 radical (unpaired) electrons. The summed E-state index contributed by atoms with van der Waals surface area (Å²) >= 11 is 1.26. The van der Waals surface area contributed by atoms with Gasteiger partial charge in [-0.2, -0.15) is 0 Å². The van der Waals surface area contributed by atoms with Gasteiger partial charge in [-0.25, -0.2) is 0 Å². The molecule has 1 aromatic heterocycles.